The molecule has 1 aromatic rings. The second-order valence-electron chi connectivity index (χ2n) is 5.29. The third-order valence-corrected chi connectivity index (χ3v) is 4.17. The highest BCUT2D eigenvalue weighted by atomic mass is 16.5. The minimum atomic E-state index is 0.286. The van der Waals surface area contributed by atoms with Crippen LogP contribution < -0.4 is 20.0 Å². The largest absolute Gasteiger partial charge is 0.493 e. The van der Waals surface area contributed by atoms with Crippen molar-refractivity contribution in [3.05, 3.63) is 22.7 Å². The first-order valence-corrected chi connectivity index (χ1v) is 7.01. The van der Waals surface area contributed by atoms with Crippen LogP contribution in [-0.2, 0) is 0 Å². The van der Waals surface area contributed by atoms with Gasteiger partial charge in [0.1, 0.15) is 6.67 Å². The molecule has 1 saturated carbocycles. The van der Waals surface area contributed by atoms with Gasteiger partial charge in [-0.05, 0) is 18.9 Å². The molecule has 0 saturated heterocycles. The van der Waals surface area contributed by atoms with Gasteiger partial charge < -0.3 is 9.47 Å². The van der Waals surface area contributed by atoms with Gasteiger partial charge >= 0.3 is 0 Å². The number of nitrogens with zero attached hydrogens (tertiary/aromatic N) is 2. The van der Waals surface area contributed by atoms with Crippen LogP contribution in [0, 0.1) is 5.92 Å². The molecule has 1 heterocycles. The van der Waals surface area contributed by atoms with Crippen LogP contribution in [0.25, 0.3) is 5.70 Å². The minimum Gasteiger partial charge on any atom is -0.493 e. The average molecular weight is 276 g/mol. The Balaban J connectivity index is 2.24. The molecule has 5 heteroatoms. The molecule has 0 radical (unpaired) electrons. The molecule has 2 aliphatic rings. The van der Waals surface area contributed by atoms with E-state index >= 15 is 0 Å². The van der Waals surface area contributed by atoms with Crippen molar-refractivity contribution in [2.45, 2.75) is 25.7 Å². The van der Waals surface area contributed by atoms with Crippen molar-refractivity contribution in [3.8, 4) is 11.5 Å². The molecule has 1 fully saturated rings. The van der Waals surface area contributed by atoms with Crippen LogP contribution in [0.3, 0.4) is 0 Å². The monoisotopic (exact) mass is 276 g/mol. The van der Waals surface area contributed by atoms with E-state index in [1.807, 2.05) is 12.1 Å². The first-order valence-electron chi connectivity index (χ1n) is 7.01. The standard InChI is InChI=1S/C15H20N2O3/c1-19-13-7-11-12(8-14(13)20-2)16-9-17(18)15(11)10-5-3-4-6-10/h7-8,10,18H,3-6,9H2,1-2H3. The summed E-state index contributed by atoms with van der Waals surface area (Å²) >= 11 is 0. The number of rotatable bonds is 3. The van der Waals surface area contributed by atoms with E-state index in [1.54, 1.807) is 14.2 Å². The second kappa shape index (κ2) is 5.32. The normalized spacial score (nSPS) is 18.8. The maximum Gasteiger partial charge on any atom is 0.162 e. The van der Waals surface area contributed by atoms with Crippen LogP contribution in [0.4, 0.5) is 0 Å². The predicted octanol–water partition coefficient (Wildman–Crippen LogP) is 1.28. The van der Waals surface area contributed by atoms with Gasteiger partial charge in [0.25, 0.3) is 0 Å². The molecular formula is C15H20N2O3. The fourth-order valence-electron chi connectivity index (χ4n) is 3.19. The summed E-state index contributed by atoms with van der Waals surface area (Å²) in [5.41, 5.74) is 0.980. The lowest BCUT2D eigenvalue weighted by Crippen LogP contribution is -2.41. The number of hydrogen-bond acceptors (Lipinski definition) is 5. The number of methoxy groups -OCH3 is 2. The van der Waals surface area contributed by atoms with Gasteiger partial charge in [0.05, 0.1) is 25.3 Å². The Morgan fingerprint density at radius 3 is 2.45 bits per heavy atom. The van der Waals surface area contributed by atoms with Gasteiger partial charge in [-0.3, -0.25) is 10.2 Å². The van der Waals surface area contributed by atoms with Crippen LogP contribution in [0.5, 0.6) is 11.5 Å². The molecule has 0 amide bonds. The SMILES string of the molecule is COc1cc2c(cc1OC)=C(C1CCCC1)N(O)CN=2. The molecule has 0 spiro atoms. The number of hydroxylamine groups is 2. The maximum atomic E-state index is 10.2. The Kier molecular flexibility index (Phi) is 3.53. The van der Waals surface area contributed by atoms with Crippen LogP contribution in [0.15, 0.2) is 17.1 Å². The summed E-state index contributed by atoms with van der Waals surface area (Å²) in [6, 6.07) is 3.81. The molecule has 0 aromatic heterocycles. The molecule has 108 valence electrons. The van der Waals surface area contributed by atoms with E-state index < -0.39 is 0 Å². The van der Waals surface area contributed by atoms with Gasteiger partial charge in [0.15, 0.2) is 11.5 Å². The topological polar surface area (TPSA) is 54.3 Å². The quantitative estimate of drug-likeness (QED) is 0.903. The van der Waals surface area contributed by atoms with E-state index in [1.165, 1.54) is 17.9 Å². The van der Waals surface area contributed by atoms with E-state index in [-0.39, 0.29) is 6.67 Å². The summed E-state index contributed by atoms with van der Waals surface area (Å²) in [7, 11) is 3.24. The molecule has 20 heavy (non-hydrogen) atoms. The van der Waals surface area contributed by atoms with Gasteiger partial charge in [-0.25, -0.2) is 5.06 Å². The lowest BCUT2D eigenvalue weighted by Gasteiger charge is -2.26. The summed E-state index contributed by atoms with van der Waals surface area (Å²) < 4.78 is 10.7. The zero-order chi connectivity index (χ0) is 14.1. The Morgan fingerprint density at radius 1 is 1.15 bits per heavy atom. The molecule has 0 bridgehead atoms. The van der Waals surface area contributed by atoms with Crippen LogP contribution in [0.1, 0.15) is 25.7 Å². The van der Waals surface area contributed by atoms with Gasteiger partial charge in [-0.2, -0.15) is 0 Å². The zero-order valence-corrected chi connectivity index (χ0v) is 11.9. The number of hydrogen-bond donors (Lipinski definition) is 1. The summed E-state index contributed by atoms with van der Waals surface area (Å²) in [5.74, 6) is 1.76. The smallest absolute Gasteiger partial charge is 0.162 e. The van der Waals surface area contributed by atoms with Gasteiger partial charge in [0, 0.05) is 17.2 Å². The molecule has 0 atom stereocenters. The fraction of sp³-hybridized carbons (Fsp3) is 0.533. The molecule has 1 aliphatic carbocycles. The van der Waals surface area contributed by atoms with Crippen molar-refractivity contribution in [1.82, 2.24) is 5.06 Å². The van der Waals surface area contributed by atoms with Crippen LogP contribution >= 0.6 is 0 Å². The van der Waals surface area contributed by atoms with Crippen molar-refractivity contribution >= 4 is 5.70 Å². The molecular weight excluding hydrogens is 256 g/mol. The van der Waals surface area contributed by atoms with Crippen molar-refractivity contribution in [2.24, 2.45) is 10.9 Å². The van der Waals surface area contributed by atoms with E-state index in [9.17, 15) is 5.21 Å². The van der Waals surface area contributed by atoms with E-state index in [0.29, 0.717) is 17.4 Å². The lowest BCUT2D eigenvalue weighted by atomic mass is 10.00. The Bertz CT molecular complexity index is 621. The first kappa shape index (κ1) is 13.2. The van der Waals surface area contributed by atoms with Gasteiger partial charge in [-0.15, -0.1) is 0 Å². The molecule has 1 aromatic carbocycles. The summed E-state index contributed by atoms with van der Waals surface area (Å²) in [6.45, 7) is 0.286. The van der Waals surface area contributed by atoms with Gasteiger partial charge in [0.2, 0.25) is 0 Å². The number of benzene rings is 1. The molecule has 0 unspecified atom stereocenters. The summed E-state index contributed by atoms with van der Waals surface area (Å²) in [5, 5.41) is 13.3. The highest BCUT2D eigenvalue weighted by Crippen LogP contribution is 2.33. The predicted molar refractivity (Wildman–Crippen MR) is 74.2 cm³/mol. The number of ether oxygens (including phenoxy) is 2. The van der Waals surface area contributed by atoms with E-state index in [2.05, 4.69) is 4.99 Å². The third-order valence-electron chi connectivity index (χ3n) is 4.17. The molecule has 3 rings (SSSR count). The van der Waals surface area contributed by atoms with Crippen molar-refractivity contribution < 1.29 is 14.7 Å². The number of fused-ring (bicyclic) bond motifs is 1. The van der Waals surface area contributed by atoms with Crippen LogP contribution in [-0.4, -0.2) is 31.2 Å². The molecule has 1 N–H and O–H groups in total. The zero-order valence-electron chi connectivity index (χ0n) is 11.9. The Labute approximate surface area is 118 Å². The summed E-state index contributed by atoms with van der Waals surface area (Å²) in [6.07, 6.45) is 4.70. The van der Waals surface area contributed by atoms with Gasteiger partial charge in [-0.1, -0.05) is 12.8 Å². The molecule has 1 aliphatic heterocycles. The van der Waals surface area contributed by atoms with Crippen molar-refractivity contribution in [1.29, 1.82) is 0 Å². The van der Waals surface area contributed by atoms with E-state index in [0.717, 1.165) is 29.1 Å². The third kappa shape index (κ3) is 2.12. The Morgan fingerprint density at radius 2 is 1.80 bits per heavy atom. The second-order valence-corrected chi connectivity index (χ2v) is 5.29. The highest BCUT2D eigenvalue weighted by Gasteiger charge is 2.26. The van der Waals surface area contributed by atoms with Crippen LogP contribution in [0.2, 0.25) is 0 Å². The first-order chi connectivity index (χ1) is 9.74. The van der Waals surface area contributed by atoms with E-state index in [4.69, 9.17) is 9.47 Å². The van der Waals surface area contributed by atoms with Crippen molar-refractivity contribution in [3.63, 3.8) is 0 Å². The maximum absolute atomic E-state index is 10.2. The van der Waals surface area contributed by atoms with Crippen molar-refractivity contribution in [2.75, 3.05) is 20.9 Å². The molecule has 5 nitrogen and oxygen atoms in total. The lowest BCUT2D eigenvalue weighted by molar-refractivity contribution is -0.0363. The minimum absolute atomic E-state index is 0.286. The fourth-order valence-corrected chi connectivity index (χ4v) is 3.19. The Hall–Kier alpha value is -1.75. The average Bonchev–Trinajstić information content (AvgIpc) is 2.99. The summed E-state index contributed by atoms with van der Waals surface area (Å²) in [4.78, 5) is 4.40. The highest BCUT2D eigenvalue weighted by molar-refractivity contribution is 5.50.